The van der Waals surface area contributed by atoms with Crippen LogP contribution in [0.4, 0.5) is 0 Å². The summed E-state index contributed by atoms with van der Waals surface area (Å²) in [6.07, 6.45) is 1.52. The van der Waals surface area contributed by atoms with Crippen molar-refractivity contribution in [1.29, 1.82) is 0 Å². The van der Waals surface area contributed by atoms with Gasteiger partial charge in [-0.2, -0.15) is 0 Å². The first-order valence-electron chi connectivity index (χ1n) is 4.78. The molecule has 0 aromatic rings. The largest absolute Gasteiger partial charge is 0.481 e. The Morgan fingerprint density at radius 2 is 2.00 bits per heavy atom. The maximum absolute atomic E-state index is 10.2. The smallest absolute Gasteiger partial charge is 0.303 e. The van der Waals surface area contributed by atoms with Gasteiger partial charge >= 0.3 is 5.97 Å². The Kier molecular flexibility index (Phi) is 5.32. The Morgan fingerprint density at radius 3 is 2.43 bits per heavy atom. The van der Waals surface area contributed by atoms with E-state index in [2.05, 4.69) is 36.2 Å². The lowest BCUT2D eigenvalue weighted by Crippen LogP contribution is -2.39. The van der Waals surface area contributed by atoms with Gasteiger partial charge in [-0.05, 0) is 12.5 Å². The van der Waals surface area contributed by atoms with Gasteiger partial charge in [0.2, 0.25) is 0 Å². The maximum atomic E-state index is 10.2. The predicted molar refractivity (Wildman–Crippen MR) is 60.4 cm³/mol. The van der Waals surface area contributed by atoms with E-state index in [0.29, 0.717) is 12.8 Å². The zero-order valence-corrected chi connectivity index (χ0v) is 10.4. The molecule has 0 aliphatic heterocycles. The predicted octanol–water partition coefficient (Wildman–Crippen LogP) is 1.97. The van der Waals surface area contributed by atoms with Crippen LogP contribution in [0.2, 0.25) is 19.6 Å². The molecule has 4 heteroatoms. The van der Waals surface area contributed by atoms with Crippen molar-refractivity contribution in [2.24, 2.45) is 0 Å². The topological polar surface area (TPSA) is 40.5 Å². The van der Waals surface area contributed by atoms with Crippen molar-refractivity contribution >= 4 is 14.2 Å². The molecule has 0 spiro atoms. The second-order valence-electron chi connectivity index (χ2n) is 4.27. The molecule has 0 aromatic carbocycles. The molecular weight excluding hydrogens is 194 g/mol. The number of hydrogen-bond acceptors (Lipinski definition) is 2. The van der Waals surface area contributed by atoms with E-state index in [-0.39, 0.29) is 6.42 Å². The van der Waals surface area contributed by atoms with Gasteiger partial charge in [0.05, 0.1) is 0 Å². The van der Waals surface area contributed by atoms with Crippen molar-refractivity contribution < 1.29 is 9.90 Å². The number of carboxylic acids is 1. The van der Waals surface area contributed by atoms with Crippen LogP contribution >= 0.6 is 0 Å². The Hall–Kier alpha value is -0.953. The van der Waals surface area contributed by atoms with E-state index >= 15 is 0 Å². The van der Waals surface area contributed by atoms with Gasteiger partial charge in [0, 0.05) is 19.9 Å². The summed E-state index contributed by atoms with van der Waals surface area (Å²) in [5, 5.41) is 8.40. The molecule has 0 aliphatic carbocycles. The third-order valence-electron chi connectivity index (χ3n) is 1.95. The minimum atomic E-state index is -1.30. The van der Waals surface area contributed by atoms with Crippen LogP contribution in [0.5, 0.6) is 0 Å². The summed E-state index contributed by atoms with van der Waals surface area (Å²) < 4.78 is 2.08. The van der Waals surface area contributed by atoms with Gasteiger partial charge in [-0.3, -0.25) is 4.79 Å². The van der Waals surface area contributed by atoms with Crippen molar-refractivity contribution in [3.05, 3.63) is 0 Å². The van der Waals surface area contributed by atoms with Crippen LogP contribution in [0, 0.1) is 12.0 Å². The number of unbranched alkanes of at least 4 members (excludes halogenated alkanes) is 1. The van der Waals surface area contributed by atoms with Crippen LogP contribution in [-0.2, 0) is 4.79 Å². The molecule has 0 rings (SSSR count). The van der Waals surface area contributed by atoms with Crippen molar-refractivity contribution in [2.75, 3.05) is 7.05 Å². The van der Waals surface area contributed by atoms with E-state index in [4.69, 9.17) is 5.11 Å². The van der Waals surface area contributed by atoms with Gasteiger partial charge in [0.1, 0.15) is 0 Å². The van der Waals surface area contributed by atoms with Gasteiger partial charge in [0.15, 0.2) is 8.24 Å². The monoisotopic (exact) mass is 213 g/mol. The van der Waals surface area contributed by atoms with E-state index < -0.39 is 14.2 Å². The van der Waals surface area contributed by atoms with Crippen molar-refractivity contribution in [3.8, 4) is 12.0 Å². The van der Waals surface area contributed by atoms with E-state index in [0.717, 1.165) is 0 Å². The molecule has 0 fully saturated rings. The van der Waals surface area contributed by atoms with Gasteiger partial charge in [0.25, 0.3) is 0 Å². The van der Waals surface area contributed by atoms with E-state index in [1.54, 1.807) is 0 Å². The molecule has 0 radical (unpaired) electrons. The zero-order chi connectivity index (χ0) is 11.2. The van der Waals surface area contributed by atoms with Gasteiger partial charge in [-0.1, -0.05) is 25.6 Å². The highest BCUT2D eigenvalue weighted by molar-refractivity contribution is 6.73. The summed E-state index contributed by atoms with van der Waals surface area (Å²) in [4.78, 5) is 10.2. The quantitative estimate of drug-likeness (QED) is 0.336. The summed E-state index contributed by atoms with van der Waals surface area (Å²) in [5.41, 5.74) is 0. The average molecular weight is 213 g/mol. The SMILES string of the molecule is CN(C#CCCCC(=O)O)[Si](C)(C)C. The molecule has 0 heterocycles. The van der Waals surface area contributed by atoms with E-state index in [9.17, 15) is 4.79 Å². The maximum Gasteiger partial charge on any atom is 0.303 e. The van der Waals surface area contributed by atoms with Crippen LogP contribution in [0.3, 0.4) is 0 Å². The number of aliphatic carboxylic acids is 1. The number of carbonyl (C=O) groups is 1. The average Bonchev–Trinajstić information content (AvgIpc) is 2.01. The lowest BCUT2D eigenvalue weighted by atomic mass is 10.2. The van der Waals surface area contributed by atoms with Crippen molar-refractivity contribution in [2.45, 2.75) is 38.9 Å². The Labute approximate surface area is 87.2 Å². The second kappa shape index (κ2) is 5.71. The fraction of sp³-hybridized carbons (Fsp3) is 0.700. The van der Waals surface area contributed by atoms with E-state index in [1.165, 1.54) is 0 Å². The molecule has 1 N–H and O–H groups in total. The van der Waals surface area contributed by atoms with Crippen LogP contribution in [0.1, 0.15) is 19.3 Å². The Morgan fingerprint density at radius 1 is 1.43 bits per heavy atom. The molecule has 0 aliphatic rings. The first-order chi connectivity index (χ1) is 6.34. The highest BCUT2D eigenvalue weighted by Gasteiger charge is 2.16. The molecule has 14 heavy (non-hydrogen) atoms. The lowest BCUT2D eigenvalue weighted by Gasteiger charge is -2.25. The molecule has 0 saturated carbocycles. The highest BCUT2D eigenvalue weighted by atomic mass is 28.3. The molecule has 0 aromatic heterocycles. The van der Waals surface area contributed by atoms with Gasteiger partial charge < -0.3 is 9.67 Å². The summed E-state index contributed by atoms with van der Waals surface area (Å²) in [6.45, 7) is 6.66. The minimum Gasteiger partial charge on any atom is -0.481 e. The second-order valence-corrected chi connectivity index (χ2v) is 9.28. The lowest BCUT2D eigenvalue weighted by molar-refractivity contribution is -0.137. The summed E-state index contributed by atoms with van der Waals surface area (Å²) in [7, 11) is 0.697. The Balaban J connectivity index is 3.78. The standard InChI is InChI=1S/C10H19NO2Si/c1-11(14(2,3)4)9-7-5-6-8-10(12)13/h5-6,8H2,1-4H3,(H,12,13). The molecule has 80 valence electrons. The zero-order valence-electron chi connectivity index (χ0n) is 9.42. The normalized spacial score (nSPS) is 10.3. The summed E-state index contributed by atoms with van der Waals surface area (Å²) >= 11 is 0. The molecule has 0 unspecified atom stereocenters. The number of hydrogen-bond donors (Lipinski definition) is 1. The van der Waals surface area contributed by atoms with Crippen LogP contribution in [0.25, 0.3) is 0 Å². The molecule has 0 atom stereocenters. The van der Waals surface area contributed by atoms with Crippen LogP contribution in [0.15, 0.2) is 0 Å². The molecule has 0 saturated heterocycles. The first kappa shape index (κ1) is 13.0. The Bertz CT molecular complexity index is 247. The molecule has 0 amide bonds. The number of rotatable bonds is 4. The third-order valence-corrected chi connectivity index (χ3v) is 4.07. The molecule has 3 nitrogen and oxygen atoms in total. The number of carboxylic acid groups (broad SMARTS) is 1. The third kappa shape index (κ3) is 6.55. The molecule has 0 bridgehead atoms. The molecular formula is C10H19NO2Si. The van der Waals surface area contributed by atoms with Crippen LogP contribution < -0.4 is 0 Å². The van der Waals surface area contributed by atoms with Gasteiger partial charge in [-0.15, -0.1) is 0 Å². The van der Waals surface area contributed by atoms with Crippen molar-refractivity contribution in [3.63, 3.8) is 0 Å². The van der Waals surface area contributed by atoms with E-state index in [1.807, 2.05) is 7.05 Å². The van der Waals surface area contributed by atoms with Crippen LogP contribution in [-0.4, -0.2) is 30.9 Å². The fourth-order valence-corrected chi connectivity index (χ4v) is 1.08. The first-order valence-corrected chi connectivity index (χ1v) is 8.23. The summed E-state index contributed by atoms with van der Waals surface area (Å²) in [6, 6.07) is 3.05. The fourth-order valence-electron chi connectivity index (χ4n) is 0.670. The summed E-state index contributed by atoms with van der Waals surface area (Å²) in [5.74, 6) is 2.25. The van der Waals surface area contributed by atoms with Crippen molar-refractivity contribution in [1.82, 2.24) is 4.57 Å². The minimum absolute atomic E-state index is 0.214. The highest BCUT2D eigenvalue weighted by Crippen LogP contribution is 2.04. The number of nitrogens with zero attached hydrogens (tertiary/aromatic N) is 1. The van der Waals surface area contributed by atoms with Gasteiger partial charge in [-0.25, -0.2) is 0 Å².